The summed E-state index contributed by atoms with van der Waals surface area (Å²) in [7, 11) is 3.36. The van der Waals surface area contributed by atoms with Gasteiger partial charge in [0.2, 0.25) is 0 Å². The van der Waals surface area contributed by atoms with Crippen LogP contribution in [0.5, 0.6) is 0 Å². The average molecular weight is 128 g/mol. The molecule has 0 fully saturated rings. The van der Waals surface area contributed by atoms with Gasteiger partial charge in [0, 0.05) is 16.3 Å². The third-order valence-corrected chi connectivity index (χ3v) is 1.72. The normalized spacial score (nSPS) is 13.9. The zero-order valence-corrected chi connectivity index (χ0v) is 6.48. The molecule has 1 atom stereocenters. The van der Waals surface area contributed by atoms with Gasteiger partial charge in [-0.15, -0.1) is 0 Å². The molecule has 0 spiro atoms. The van der Waals surface area contributed by atoms with Crippen molar-refractivity contribution in [3.05, 3.63) is 0 Å². The van der Waals surface area contributed by atoms with E-state index in [0.717, 1.165) is 12.5 Å². The van der Waals surface area contributed by atoms with Crippen molar-refractivity contribution in [3.63, 3.8) is 0 Å². The summed E-state index contributed by atoms with van der Waals surface area (Å²) in [4.78, 5) is 0. The Hall–Kier alpha value is 0.177. The second-order valence-corrected chi connectivity index (χ2v) is 2.51. The van der Waals surface area contributed by atoms with Crippen molar-refractivity contribution in [2.45, 2.75) is 38.3 Å². The molecule has 2 N–H and O–H groups in total. The van der Waals surface area contributed by atoms with E-state index in [1.54, 1.807) is 0 Å². The number of unbranched alkanes of at least 4 members (excludes halogenated alkanes) is 1. The Kier molecular flexibility index (Phi) is 5.43. The fourth-order valence-electron chi connectivity index (χ4n) is 0.568. The summed E-state index contributed by atoms with van der Waals surface area (Å²) in [5.74, 6) is 0. The fraction of sp³-hybridized carbons (Fsp3) is 1.00. The molecule has 0 aromatic heterocycles. The number of rotatable bonds is 4. The molecule has 47 valence electrons. The molecule has 0 aromatic rings. The van der Waals surface area contributed by atoms with E-state index in [4.69, 9.17) is 5.73 Å². The van der Waals surface area contributed by atoms with Crippen molar-refractivity contribution in [1.82, 2.24) is 0 Å². The van der Waals surface area contributed by atoms with E-state index >= 15 is 0 Å². The fourth-order valence-corrected chi connectivity index (χ4v) is 0.772. The predicted octanol–water partition coefficient (Wildman–Crippen LogP) is 1.09. The highest BCUT2D eigenvalue weighted by Crippen LogP contribution is 1.99. The maximum absolute atomic E-state index is 5.61. The molecule has 0 aliphatic rings. The molecule has 0 rings (SSSR count). The molecule has 1 nitrogen and oxygen atoms in total. The summed E-state index contributed by atoms with van der Waals surface area (Å²) in [5.41, 5.74) is 5.61. The Morgan fingerprint density at radius 3 is 2.62 bits per heavy atom. The van der Waals surface area contributed by atoms with Gasteiger partial charge in [0.15, 0.2) is 0 Å². The molecule has 0 saturated carbocycles. The van der Waals surface area contributed by atoms with Crippen LogP contribution < -0.4 is 5.73 Å². The van der Waals surface area contributed by atoms with E-state index in [9.17, 15) is 0 Å². The molecular formula is C6H14NSi. The van der Waals surface area contributed by atoms with Crippen molar-refractivity contribution in [2.75, 3.05) is 0 Å². The molecule has 0 aliphatic carbocycles. The monoisotopic (exact) mass is 128 g/mol. The minimum atomic E-state index is 0.367. The maximum Gasteiger partial charge on any atom is 0.0241 e. The van der Waals surface area contributed by atoms with E-state index < -0.39 is 0 Å². The number of nitrogens with two attached hydrogens (primary N) is 1. The van der Waals surface area contributed by atoms with E-state index in [1.807, 2.05) is 0 Å². The van der Waals surface area contributed by atoms with Crippen LogP contribution >= 0.6 is 0 Å². The van der Waals surface area contributed by atoms with E-state index in [1.165, 1.54) is 12.8 Å². The maximum atomic E-state index is 5.61. The zero-order valence-electron chi connectivity index (χ0n) is 5.48. The van der Waals surface area contributed by atoms with Gasteiger partial charge in [-0.3, -0.25) is 0 Å². The topological polar surface area (TPSA) is 26.0 Å². The third kappa shape index (κ3) is 4.34. The highest BCUT2D eigenvalue weighted by Gasteiger charge is 1.94. The Bertz CT molecular complexity index is 47.8. The van der Waals surface area contributed by atoms with E-state index in [-0.39, 0.29) is 0 Å². The smallest absolute Gasteiger partial charge is 0.0241 e. The molecule has 0 heterocycles. The number of hydrogen-bond acceptors (Lipinski definition) is 1. The Morgan fingerprint density at radius 2 is 2.25 bits per heavy atom. The SMILES string of the molecule is CCCCC(N)C[Si]. The molecule has 2 heteroatoms. The quantitative estimate of drug-likeness (QED) is 0.564. The van der Waals surface area contributed by atoms with Gasteiger partial charge in [0.05, 0.1) is 0 Å². The van der Waals surface area contributed by atoms with Crippen LogP contribution in [0.25, 0.3) is 0 Å². The van der Waals surface area contributed by atoms with Crippen LogP contribution in [0, 0.1) is 0 Å². The van der Waals surface area contributed by atoms with Crippen molar-refractivity contribution < 1.29 is 0 Å². The summed E-state index contributed by atoms with van der Waals surface area (Å²) in [5, 5.41) is 0. The lowest BCUT2D eigenvalue weighted by atomic mass is 10.2. The first-order valence-electron chi connectivity index (χ1n) is 3.21. The van der Waals surface area contributed by atoms with Crippen LogP contribution in [0.1, 0.15) is 26.2 Å². The van der Waals surface area contributed by atoms with Crippen LogP contribution in [0.2, 0.25) is 6.04 Å². The van der Waals surface area contributed by atoms with Crippen molar-refractivity contribution in [1.29, 1.82) is 0 Å². The zero-order chi connectivity index (χ0) is 6.41. The summed E-state index contributed by atoms with van der Waals surface area (Å²) < 4.78 is 0. The molecule has 1 unspecified atom stereocenters. The van der Waals surface area contributed by atoms with Crippen molar-refractivity contribution in [2.24, 2.45) is 5.73 Å². The summed E-state index contributed by atoms with van der Waals surface area (Å²) in [6.07, 6.45) is 3.66. The lowest BCUT2D eigenvalue weighted by Crippen LogP contribution is -2.18. The highest BCUT2D eigenvalue weighted by atomic mass is 28.1. The number of hydrogen-bond donors (Lipinski definition) is 1. The van der Waals surface area contributed by atoms with Gasteiger partial charge >= 0.3 is 0 Å². The highest BCUT2D eigenvalue weighted by molar-refractivity contribution is 6.08. The molecule has 3 radical (unpaired) electrons. The minimum absolute atomic E-state index is 0.367. The summed E-state index contributed by atoms with van der Waals surface area (Å²) in [6, 6.07) is 1.30. The molecule has 0 saturated heterocycles. The lowest BCUT2D eigenvalue weighted by Gasteiger charge is -2.04. The molecular weight excluding hydrogens is 114 g/mol. The van der Waals surface area contributed by atoms with Crippen LogP contribution in [-0.4, -0.2) is 16.3 Å². The van der Waals surface area contributed by atoms with Crippen LogP contribution in [0.15, 0.2) is 0 Å². The Labute approximate surface area is 55.1 Å². The Morgan fingerprint density at radius 1 is 1.62 bits per heavy atom. The van der Waals surface area contributed by atoms with Gasteiger partial charge in [-0.2, -0.15) is 0 Å². The molecule has 0 aromatic carbocycles. The molecule has 8 heavy (non-hydrogen) atoms. The predicted molar refractivity (Wildman–Crippen MR) is 38.1 cm³/mol. The second-order valence-electron chi connectivity index (χ2n) is 2.11. The van der Waals surface area contributed by atoms with Gasteiger partial charge in [-0.05, 0) is 12.5 Å². The first-order valence-corrected chi connectivity index (χ1v) is 3.92. The first kappa shape index (κ1) is 8.18. The molecule has 0 aliphatic heterocycles. The van der Waals surface area contributed by atoms with E-state index in [0.29, 0.717) is 6.04 Å². The minimum Gasteiger partial charge on any atom is -0.328 e. The third-order valence-electron chi connectivity index (χ3n) is 1.19. The standard InChI is InChI=1S/C6H14NSi/c1-2-3-4-6(7)5-8/h6H,2-5,7H2,1H3. The molecule has 0 bridgehead atoms. The largest absolute Gasteiger partial charge is 0.328 e. The van der Waals surface area contributed by atoms with Crippen LogP contribution in [-0.2, 0) is 0 Å². The van der Waals surface area contributed by atoms with Crippen molar-refractivity contribution >= 4 is 10.2 Å². The average Bonchev–Trinajstić information content (AvgIpc) is 1.83. The summed E-state index contributed by atoms with van der Waals surface area (Å²) >= 11 is 0. The second kappa shape index (κ2) is 5.32. The molecule has 0 amide bonds. The van der Waals surface area contributed by atoms with Crippen molar-refractivity contribution in [3.8, 4) is 0 Å². The van der Waals surface area contributed by atoms with Gasteiger partial charge < -0.3 is 5.73 Å². The first-order chi connectivity index (χ1) is 3.81. The van der Waals surface area contributed by atoms with Gasteiger partial charge in [-0.25, -0.2) is 0 Å². The summed E-state index contributed by atoms with van der Waals surface area (Å²) in [6.45, 7) is 2.18. The van der Waals surface area contributed by atoms with Crippen LogP contribution in [0.4, 0.5) is 0 Å². The van der Waals surface area contributed by atoms with Gasteiger partial charge in [0.1, 0.15) is 0 Å². The Balaban J connectivity index is 2.86. The lowest BCUT2D eigenvalue weighted by molar-refractivity contribution is 0.615. The van der Waals surface area contributed by atoms with Crippen LogP contribution in [0.3, 0.4) is 0 Å². The van der Waals surface area contributed by atoms with Gasteiger partial charge in [0.25, 0.3) is 0 Å². The van der Waals surface area contributed by atoms with Gasteiger partial charge in [-0.1, -0.05) is 19.8 Å². The van der Waals surface area contributed by atoms with E-state index in [2.05, 4.69) is 17.2 Å².